The number of benzene rings is 1. The van der Waals surface area contributed by atoms with Crippen LogP contribution >= 0.6 is 11.3 Å². The van der Waals surface area contributed by atoms with Gasteiger partial charge in [0.05, 0.1) is 4.90 Å². The number of carbonyl (C=O) groups excluding carboxylic acids is 1. The van der Waals surface area contributed by atoms with Gasteiger partial charge in [-0.3, -0.25) is 0 Å². The van der Waals surface area contributed by atoms with Gasteiger partial charge in [0.15, 0.2) is 0 Å². The molecule has 0 N–H and O–H groups in total. The minimum atomic E-state index is -3.46. The summed E-state index contributed by atoms with van der Waals surface area (Å²) in [6.45, 7) is 4.72. The Bertz CT molecular complexity index is 805. The second-order valence-corrected chi connectivity index (χ2v) is 8.15. The van der Waals surface area contributed by atoms with Crippen molar-refractivity contribution < 1.29 is 17.9 Å². The van der Waals surface area contributed by atoms with E-state index in [4.69, 9.17) is 4.74 Å². The molecule has 5 nitrogen and oxygen atoms in total. The van der Waals surface area contributed by atoms with Crippen molar-refractivity contribution in [3.8, 4) is 0 Å². The van der Waals surface area contributed by atoms with Gasteiger partial charge in [0.1, 0.15) is 6.61 Å². The summed E-state index contributed by atoms with van der Waals surface area (Å²) < 4.78 is 31.3. The van der Waals surface area contributed by atoms with Gasteiger partial charge in [0, 0.05) is 24.0 Å². The van der Waals surface area contributed by atoms with E-state index < -0.39 is 16.0 Å². The average Bonchev–Trinajstić information content (AvgIpc) is 3.13. The highest BCUT2D eigenvalue weighted by Crippen LogP contribution is 2.17. The molecule has 2 rings (SSSR count). The topological polar surface area (TPSA) is 63.7 Å². The number of esters is 1. The zero-order valence-electron chi connectivity index (χ0n) is 14.2. The van der Waals surface area contributed by atoms with E-state index in [0.717, 1.165) is 10.4 Å². The van der Waals surface area contributed by atoms with Crippen molar-refractivity contribution in [3.05, 3.63) is 58.3 Å². The van der Waals surface area contributed by atoms with Crippen LogP contribution in [0.1, 0.15) is 24.3 Å². The zero-order chi connectivity index (χ0) is 18.3. The van der Waals surface area contributed by atoms with Gasteiger partial charge >= 0.3 is 5.97 Å². The number of ether oxygens (including phenoxy) is 1. The van der Waals surface area contributed by atoms with Crippen LogP contribution in [0.25, 0.3) is 6.08 Å². The van der Waals surface area contributed by atoms with Crippen LogP contribution in [0, 0.1) is 0 Å². The summed E-state index contributed by atoms with van der Waals surface area (Å²) in [5, 5.41) is 1.92. The van der Waals surface area contributed by atoms with Gasteiger partial charge in [-0.25, -0.2) is 13.2 Å². The predicted molar refractivity (Wildman–Crippen MR) is 99.7 cm³/mol. The summed E-state index contributed by atoms with van der Waals surface area (Å²) in [6.07, 6.45) is 2.94. The number of hydrogen-bond acceptors (Lipinski definition) is 5. The Hall–Kier alpha value is -1.96. The molecule has 0 saturated carbocycles. The highest BCUT2D eigenvalue weighted by Gasteiger charge is 2.20. The van der Waals surface area contributed by atoms with E-state index in [-0.39, 0.29) is 11.5 Å². The molecule has 0 fully saturated rings. The van der Waals surface area contributed by atoms with Crippen molar-refractivity contribution in [2.75, 3.05) is 13.1 Å². The van der Waals surface area contributed by atoms with Gasteiger partial charge < -0.3 is 4.74 Å². The Morgan fingerprint density at radius 2 is 1.84 bits per heavy atom. The lowest BCUT2D eigenvalue weighted by Gasteiger charge is -2.18. The summed E-state index contributed by atoms with van der Waals surface area (Å²) in [5.74, 6) is -0.437. The highest BCUT2D eigenvalue weighted by molar-refractivity contribution is 7.89. The number of thiophene rings is 1. The van der Waals surface area contributed by atoms with Gasteiger partial charge in [-0.05, 0) is 35.2 Å². The number of nitrogens with zero attached hydrogens (tertiary/aromatic N) is 1. The molecule has 0 bridgehead atoms. The Labute approximate surface area is 152 Å². The Morgan fingerprint density at radius 1 is 1.16 bits per heavy atom. The molecule has 25 heavy (non-hydrogen) atoms. The smallest absolute Gasteiger partial charge is 0.331 e. The monoisotopic (exact) mass is 379 g/mol. The minimum Gasteiger partial charge on any atom is -0.457 e. The normalized spacial score (nSPS) is 12.0. The molecule has 1 heterocycles. The fraction of sp³-hybridized carbons (Fsp3) is 0.278. The lowest BCUT2D eigenvalue weighted by Crippen LogP contribution is -2.30. The van der Waals surface area contributed by atoms with Crippen LogP contribution in [0.4, 0.5) is 0 Å². The molecule has 0 aliphatic heterocycles. The fourth-order valence-electron chi connectivity index (χ4n) is 2.21. The maximum atomic E-state index is 12.4. The Morgan fingerprint density at radius 3 is 2.40 bits per heavy atom. The van der Waals surface area contributed by atoms with E-state index in [9.17, 15) is 13.2 Å². The molecule has 7 heteroatoms. The van der Waals surface area contributed by atoms with Gasteiger partial charge in [-0.15, -0.1) is 11.3 Å². The van der Waals surface area contributed by atoms with E-state index in [1.54, 1.807) is 44.2 Å². The standard InChI is InChI=1S/C18H21NO4S2/c1-3-19(4-2)25(21,22)17-10-7-15(8-11-17)9-12-18(20)23-14-16-6-5-13-24-16/h5-13H,3-4,14H2,1-2H3/b12-9+. The molecule has 0 spiro atoms. The molecule has 0 unspecified atom stereocenters. The van der Waals surface area contributed by atoms with Crippen LogP contribution in [0.5, 0.6) is 0 Å². The quantitative estimate of drug-likeness (QED) is 0.520. The maximum Gasteiger partial charge on any atom is 0.331 e. The molecular weight excluding hydrogens is 358 g/mol. The van der Waals surface area contributed by atoms with E-state index in [0.29, 0.717) is 13.1 Å². The summed E-state index contributed by atoms with van der Waals surface area (Å²) in [5.41, 5.74) is 0.728. The second kappa shape index (κ2) is 8.94. The zero-order valence-corrected chi connectivity index (χ0v) is 15.8. The Balaban J connectivity index is 1.98. The third kappa shape index (κ3) is 5.26. The fourth-order valence-corrected chi connectivity index (χ4v) is 4.29. The third-order valence-electron chi connectivity index (χ3n) is 3.57. The summed E-state index contributed by atoms with van der Waals surface area (Å²) >= 11 is 1.53. The molecule has 0 saturated heterocycles. The summed E-state index contributed by atoms with van der Waals surface area (Å²) in [7, 11) is -3.46. The van der Waals surface area contributed by atoms with Crippen LogP contribution in [-0.2, 0) is 26.2 Å². The molecular formula is C18H21NO4S2. The first-order chi connectivity index (χ1) is 12.0. The van der Waals surface area contributed by atoms with Crippen LogP contribution in [0.3, 0.4) is 0 Å². The van der Waals surface area contributed by atoms with E-state index in [1.807, 2.05) is 17.5 Å². The molecule has 0 amide bonds. The number of carbonyl (C=O) groups is 1. The SMILES string of the molecule is CCN(CC)S(=O)(=O)c1ccc(/C=C/C(=O)OCc2cccs2)cc1. The van der Waals surface area contributed by atoms with Crippen LogP contribution in [0.15, 0.2) is 52.7 Å². The van der Waals surface area contributed by atoms with E-state index >= 15 is 0 Å². The van der Waals surface area contributed by atoms with Crippen molar-refractivity contribution in [2.24, 2.45) is 0 Å². The lowest BCUT2D eigenvalue weighted by molar-refractivity contribution is -0.138. The van der Waals surface area contributed by atoms with E-state index in [1.165, 1.54) is 21.7 Å². The molecule has 2 aromatic rings. The van der Waals surface area contributed by atoms with Crippen LogP contribution < -0.4 is 0 Å². The van der Waals surface area contributed by atoms with Crippen molar-refractivity contribution in [3.63, 3.8) is 0 Å². The van der Waals surface area contributed by atoms with Crippen LogP contribution in [-0.4, -0.2) is 31.8 Å². The summed E-state index contributed by atoms with van der Waals surface area (Å²) in [6, 6.07) is 10.2. The van der Waals surface area contributed by atoms with Gasteiger partial charge in [-0.2, -0.15) is 4.31 Å². The molecule has 1 aromatic carbocycles. The van der Waals surface area contributed by atoms with Crippen molar-refractivity contribution in [1.29, 1.82) is 0 Å². The first-order valence-corrected chi connectivity index (χ1v) is 10.3. The van der Waals surface area contributed by atoms with Crippen LogP contribution in [0.2, 0.25) is 0 Å². The molecule has 1 aromatic heterocycles. The molecule has 0 atom stereocenters. The van der Waals surface area contributed by atoms with Gasteiger partial charge in [0.2, 0.25) is 10.0 Å². The minimum absolute atomic E-state index is 0.244. The third-order valence-corrected chi connectivity index (χ3v) is 6.49. The maximum absolute atomic E-state index is 12.4. The second-order valence-electron chi connectivity index (χ2n) is 5.18. The molecule has 0 aliphatic carbocycles. The highest BCUT2D eigenvalue weighted by atomic mass is 32.2. The van der Waals surface area contributed by atoms with Gasteiger partial charge in [-0.1, -0.05) is 32.0 Å². The predicted octanol–water partition coefficient (Wildman–Crippen LogP) is 3.54. The molecule has 134 valence electrons. The first kappa shape index (κ1) is 19.4. The lowest BCUT2D eigenvalue weighted by atomic mass is 10.2. The van der Waals surface area contributed by atoms with Gasteiger partial charge in [0.25, 0.3) is 0 Å². The molecule has 0 radical (unpaired) electrons. The molecule has 0 aliphatic rings. The first-order valence-electron chi connectivity index (χ1n) is 7.94. The van der Waals surface area contributed by atoms with Crippen molar-refractivity contribution in [1.82, 2.24) is 4.31 Å². The number of rotatable bonds is 8. The largest absolute Gasteiger partial charge is 0.457 e. The van der Waals surface area contributed by atoms with E-state index in [2.05, 4.69) is 0 Å². The number of hydrogen-bond donors (Lipinski definition) is 0. The van der Waals surface area contributed by atoms with Crippen molar-refractivity contribution >= 4 is 33.4 Å². The van der Waals surface area contributed by atoms with Crippen molar-refractivity contribution in [2.45, 2.75) is 25.3 Å². The summed E-state index contributed by atoms with van der Waals surface area (Å²) in [4.78, 5) is 12.9. The number of sulfonamides is 1. The Kier molecular flexibility index (Phi) is 6.92. The average molecular weight is 380 g/mol.